The summed E-state index contributed by atoms with van der Waals surface area (Å²) in [5, 5.41) is 0. The van der Waals surface area contributed by atoms with E-state index in [0.29, 0.717) is 5.92 Å². The second kappa shape index (κ2) is 5.17. The van der Waals surface area contributed by atoms with Gasteiger partial charge in [-0.15, -0.1) is 0 Å². The fourth-order valence-corrected chi connectivity index (χ4v) is 1.95. The van der Waals surface area contributed by atoms with Gasteiger partial charge in [0.2, 0.25) is 0 Å². The van der Waals surface area contributed by atoms with Gasteiger partial charge in [-0.3, -0.25) is 0 Å². The van der Waals surface area contributed by atoms with Crippen LogP contribution in [0.2, 0.25) is 0 Å². The van der Waals surface area contributed by atoms with Gasteiger partial charge in [-0.25, -0.2) is 4.79 Å². The predicted octanol–water partition coefficient (Wildman–Crippen LogP) is 3.26. The summed E-state index contributed by atoms with van der Waals surface area (Å²) >= 11 is 0. The highest BCUT2D eigenvalue weighted by Crippen LogP contribution is 2.22. The molecule has 0 aliphatic rings. The third-order valence-electron chi connectivity index (χ3n) is 3.27. The summed E-state index contributed by atoms with van der Waals surface area (Å²) in [6.07, 6.45) is 1.13. The molecule has 94 valence electrons. The highest BCUT2D eigenvalue weighted by atomic mass is 16.1. The molecular formula is C15H18N2O. The zero-order valence-electron chi connectivity index (χ0n) is 11.0. The Labute approximate surface area is 107 Å². The van der Waals surface area contributed by atoms with Gasteiger partial charge in [0.15, 0.2) is 0 Å². The molecule has 0 amide bonds. The summed E-state index contributed by atoms with van der Waals surface area (Å²) in [7, 11) is 0. The van der Waals surface area contributed by atoms with Crippen LogP contribution in [-0.4, -0.2) is 9.97 Å². The van der Waals surface area contributed by atoms with Crippen molar-refractivity contribution >= 4 is 0 Å². The Morgan fingerprint density at radius 1 is 1.28 bits per heavy atom. The number of H-pyrrole nitrogens is 1. The number of rotatable bonds is 3. The minimum Gasteiger partial charge on any atom is -0.310 e. The average Bonchev–Trinajstić information content (AvgIpc) is 2.37. The van der Waals surface area contributed by atoms with Gasteiger partial charge in [0.05, 0.1) is 5.69 Å². The summed E-state index contributed by atoms with van der Waals surface area (Å²) in [4.78, 5) is 18.0. The van der Waals surface area contributed by atoms with Gasteiger partial charge in [-0.1, -0.05) is 38.1 Å². The van der Waals surface area contributed by atoms with Crippen molar-refractivity contribution in [3.8, 4) is 11.3 Å². The van der Waals surface area contributed by atoms with E-state index in [1.807, 2.05) is 25.1 Å². The first-order valence-electron chi connectivity index (χ1n) is 6.28. The molecule has 1 unspecified atom stereocenters. The minimum atomic E-state index is -0.295. The van der Waals surface area contributed by atoms with Crippen molar-refractivity contribution in [1.82, 2.24) is 9.97 Å². The first kappa shape index (κ1) is 12.6. The van der Waals surface area contributed by atoms with Crippen molar-refractivity contribution in [2.45, 2.75) is 33.1 Å². The third kappa shape index (κ3) is 2.67. The molecule has 0 saturated carbocycles. The molecule has 3 nitrogen and oxygen atoms in total. The molecule has 1 N–H and O–H groups in total. The van der Waals surface area contributed by atoms with E-state index in [-0.39, 0.29) is 5.69 Å². The number of aromatic amines is 1. The lowest BCUT2D eigenvalue weighted by Crippen LogP contribution is -2.11. The van der Waals surface area contributed by atoms with Crippen LogP contribution in [0.25, 0.3) is 11.3 Å². The SMILES string of the molecule is CCC(C)c1ccc(-c2cc(C)[nH]c(=O)n2)cc1. The molecule has 1 heterocycles. The lowest BCUT2D eigenvalue weighted by molar-refractivity contribution is 0.734. The van der Waals surface area contributed by atoms with Crippen LogP contribution in [0.3, 0.4) is 0 Å². The molecule has 3 heteroatoms. The van der Waals surface area contributed by atoms with Crippen molar-refractivity contribution in [2.24, 2.45) is 0 Å². The van der Waals surface area contributed by atoms with Crippen LogP contribution < -0.4 is 5.69 Å². The van der Waals surface area contributed by atoms with E-state index in [2.05, 4.69) is 35.9 Å². The maximum Gasteiger partial charge on any atom is 0.345 e. The van der Waals surface area contributed by atoms with E-state index >= 15 is 0 Å². The Morgan fingerprint density at radius 2 is 1.94 bits per heavy atom. The zero-order chi connectivity index (χ0) is 13.1. The normalized spacial score (nSPS) is 12.4. The summed E-state index contributed by atoms with van der Waals surface area (Å²) in [6, 6.07) is 10.2. The molecule has 0 spiro atoms. The van der Waals surface area contributed by atoms with Crippen LogP contribution >= 0.6 is 0 Å². The monoisotopic (exact) mass is 242 g/mol. The number of hydrogen-bond donors (Lipinski definition) is 1. The number of aromatic nitrogens is 2. The molecule has 0 radical (unpaired) electrons. The molecule has 1 aromatic heterocycles. The topological polar surface area (TPSA) is 45.8 Å². The van der Waals surface area contributed by atoms with E-state index < -0.39 is 0 Å². The van der Waals surface area contributed by atoms with Crippen molar-refractivity contribution in [2.75, 3.05) is 0 Å². The Kier molecular flexibility index (Phi) is 3.60. The molecule has 0 saturated heterocycles. The second-order valence-corrected chi connectivity index (χ2v) is 4.69. The number of nitrogens with zero attached hydrogens (tertiary/aromatic N) is 1. The predicted molar refractivity (Wildman–Crippen MR) is 73.7 cm³/mol. The van der Waals surface area contributed by atoms with Crippen LogP contribution in [0.1, 0.15) is 37.4 Å². The average molecular weight is 242 g/mol. The Balaban J connectivity index is 2.37. The summed E-state index contributed by atoms with van der Waals surface area (Å²) in [6.45, 7) is 6.25. The fraction of sp³-hybridized carbons (Fsp3) is 0.333. The first-order valence-corrected chi connectivity index (χ1v) is 6.28. The summed E-state index contributed by atoms with van der Waals surface area (Å²) in [5.41, 5.74) is 3.57. The quantitative estimate of drug-likeness (QED) is 0.898. The molecule has 0 aliphatic carbocycles. The van der Waals surface area contributed by atoms with E-state index in [0.717, 1.165) is 23.4 Å². The van der Waals surface area contributed by atoms with E-state index in [1.165, 1.54) is 5.56 Å². The van der Waals surface area contributed by atoms with E-state index in [4.69, 9.17) is 0 Å². The number of hydrogen-bond acceptors (Lipinski definition) is 2. The van der Waals surface area contributed by atoms with E-state index in [1.54, 1.807) is 0 Å². The Morgan fingerprint density at radius 3 is 2.50 bits per heavy atom. The summed E-state index contributed by atoms with van der Waals surface area (Å²) in [5.74, 6) is 0.563. The zero-order valence-corrected chi connectivity index (χ0v) is 11.0. The first-order chi connectivity index (χ1) is 8.60. The van der Waals surface area contributed by atoms with Gasteiger partial charge >= 0.3 is 5.69 Å². The summed E-state index contributed by atoms with van der Waals surface area (Å²) < 4.78 is 0. The fourth-order valence-electron chi connectivity index (χ4n) is 1.95. The lowest BCUT2D eigenvalue weighted by atomic mass is 9.97. The van der Waals surface area contributed by atoms with Crippen molar-refractivity contribution in [1.29, 1.82) is 0 Å². The smallest absolute Gasteiger partial charge is 0.310 e. The number of nitrogens with one attached hydrogen (secondary N) is 1. The highest BCUT2D eigenvalue weighted by molar-refractivity contribution is 5.59. The molecule has 2 aromatic rings. The molecule has 1 aromatic carbocycles. The van der Waals surface area contributed by atoms with Crippen molar-refractivity contribution in [3.63, 3.8) is 0 Å². The molecule has 1 atom stereocenters. The molecule has 18 heavy (non-hydrogen) atoms. The molecule has 0 fully saturated rings. The maximum atomic E-state index is 11.3. The van der Waals surface area contributed by atoms with Gasteiger partial charge in [-0.2, -0.15) is 4.98 Å². The third-order valence-corrected chi connectivity index (χ3v) is 3.27. The van der Waals surface area contributed by atoms with Crippen LogP contribution in [0.15, 0.2) is 35.1 Å². The number of benzene rings is 1. The Hall–Kier alpha value is -1.90. The number of aryl methyl sites for hydroxylation is 1. The van der Waals surface area contributed by atoms with Crippen LogP contribution in [0.4, 0.5) is 0 Å². The minimum absolute atomic E-state index is 0.295. The largest absolute Gasteiger partial charge is 0.345 e. The highest BCUT2D eigenvalue weighted by Gasteiger charge is 2.05. The molecular weight excluding hydrogens is 224 g/mol. The van der Waals surface area contributed by atoms with E-state index in [9.17, 15) is 4.79 Å². The van der Waals surface area contributed by atoms with Gasteiger partial charge in [0.25, 0.3) is 0 Å². The van der Waals surface area contributed by atoms with Crippen LogP contribution in [0.5, 0.6) is 0 Å². The molecule has 0 aliphatic heterocycles. The van der Waals surface area contributed by atoms with Gasteiger partial charge in [0.1, 0.15) is 0 Å². The van der Waals surface area contributed by atoms with Gasteiger partial charge < -0.3 is 4.98 Å². The van der Waals surface area contributed by atoms with Crippen LogP contribution in [0, 0.1) is 6.92 Å². The van der Waals surface area contributed by atoms with Gasteiger partial charge in [-0.05, 0) is 30.9 Å². The lowest BCUT2D eigenvalue weighted by Gasteiger charge is -2.09. The van der Waals surface area contributed by atoms with Crippen molar-refractivity contribution in [3.05, 3.63) is 52.1 Å². The second-order valence-electron chi connectivity index (χ2n) is 4.69. The Bertz CT molecular complexity index is 584. The van der Waals surface area contributed by atoms with Gasteiger partial charge in [0, 0.05) is 11.3 Å². The standard InChI is InChI=1S/C15H18N2O/c1-4-10(2)12-5-7-13(8-6-12)14-9-11(3)16-15(18)17-14/h5-10H,4H2,1-3H3,(H,16,17,18). The van der Waals surface area contributed by atoms with Crippen LogP contribution in [-0.2, 0) is 0 Å². The molecule has 2 rings (SSSR count). The van der Waals surface area contributed by atoms with Crippen molar-refractivity contribution < 1.29 is 0 Å². The maximum absolute atomic E-state index is 11.3. The molecule has 0 bridgehead atoms.